The van der Waals surface area contributed by atoms with Gasteiger partial charge in [-0.05, 0) is 18.2 Å². The maximum Gasteiger partial charge on any atom is 0.258 e. The van der Waals surface area contributed by atoms with Gasteiger partial charge >= 0.3 is 0 Å². The second kappa shape index (κ2) is 4.96. The number of ether oxygens (including phenoxy) is 1. The molecular formula is C13H11N5O2. The average Bonchev–Trinajstić information content (AvgIpc) is 2.98. The normalized spacial score (nSPS) is 10.4. The average molecular weight is 269 g/mol. The fourth-order valence-corrected chi connectivity index (χ4v) is 1.73. The molecule has 0 amide bonds. The van der Waals surface area contributed by atoms with Gasteiger partial charge in [-0.3, -0.25) is 4.98 Å². The molecule has 7 nitrogen and oxygen atoms in total. The van der Waals surface area contributed by atoms with E-state index in [9.17, 15) is 0 Å². The number of hydrogen-bond acceptors (Lipinski definition) is 7. The Bertz CT molecular complexity index is 727. The molecule has 3 aromatic rings. The summed E-state index contributed by atoms with van der Waals surface area (Å²) >= 11 is 0. The molecule has 3 rings (SSSR count). The zero-order chi connectivity index (χ0) is 13.9. The number of aromatic nitrogens is 4. The van der Waals surface area contributed by atoms with Crippen LogP contribution in [0.4, 0.5) is 5.69 Å². The van der Waals surface area contributed by atoms with Gasteiger partial charge in [-0.1, -0.05) is 5.16 Å². The molecule has 0 fully saturated rings. The lowest BCUT2D eigenvalue weighted by molar-refractivity contribution is 0.416. The van der Waals surface area contributed by atoms with Crippen molar-refractivity contribution in [1.29, 1.82) is 0 Å². The van der Waals surface area contributed by atoms with E-state index in [4.69, 9.17) is 15.0 Å². The van der Waals surface area contributed by atoms with E-state index < -0.39 is 0 Å². The molecule has 0 radical (unpaired) electrons. The van der Waals surface area contributed by atoms with Gasteiger partial charge in [0.15, 0.2) is 0 Å². The smallest absolute Gasteiger partial charge is 0.258 e. The lowest BCUT2D eigenvalue weighted by atomic mass is 10.2. The van der Waals surface area contributed by atoms with Gasteiger partial charge in [-0.15, -0.1) is 0 Å². The van der Waals surface area contributed by atoms with E-state index in [0.717, 1.165) is 0 Å². The second-order valence-corrected chi connectivity index (χ2v) is 3.97. The Labute approximate surface area is 114 Å². The van der Waals surface area contributed by atoms with Crippen LogP contribution in [-0.2, 0) is 0 Å². The number of nitrogens with two attached hydrogens (primary N) is 1. The van der Waals surface area contributed by atoms with Gasteiger partial charge in [0.25, 0.3) is 5.89 Å². The molecule has 0 aliphatic rings. The van der Waals surface area contributed by atoms with Crippen molar-refractivity contribution < 1.29 is 9.26 Å². The minimum atomic E-state index is 0.361. The third-order valence-corrected chi connectivity index (χ3v) is 2.69. The summed E-state index contributed by atoms with van der Waals surface area (Å²) in [5, 5.41) is 3.87. The van der Waals surface area contributed by atoms with E-state index in [0.29, 0.717) is 34.4 Å². The Morgan fingerprint density at radius 2 is 2.15 bits per heavy atom. The number of nitrogens with zero attached hydrogens (tertiary/aromatic N) is 4. The van der Waals surface area contributed by atoms with Crippen molar-refractivity contribution in [2.24, 2.45) is 0 Å². The van der Waals surface area contributed by atoms with Crippen LogP contribution in [0.15, 0.2) is 41.3 Å². The number of methoxy groups -OCH3 is 1. The van der Waals surface area contributed by atoms with Gasteiger partial charge in [0.2, 0.25) is 5.82 Å². The van der Waals surface area contributed by atoms with Gasteiger partial charge in [0.05, 0.1) is 19.0 Å². The van der Waals surface area contributed by atoms with Crippen LogP contribution in [0, 0.1) is 0 Å². The maximum atomic E-state index is 5.85. The molecule has 0 spiro atoms. The van der Waals surface area contributed by atoms with E-state index in [-0.39, 0.29) is 0 Å². The number of hydrogen-bond donors (Lipinski definition) is 1. The highest BCUT2D eigenvalue weighted by Crippen LogP contribution is 2.28. The van der Waals surface area contributed by atoms with Crippen LogP contribution in [0.1, 0.15) is 0 Å². The van der Waals surface area contributed by atoms with Gasteiger partial charge in [-0.25, -0.2) is 4.98 Å². The van der Waals surface area contributed by atoms with Crippen molar-refractivity contribution in [3.05, 3.63) is 36.8 Å². The first-order valence-electron chi connectivity index (χ1n) is 5.82. The van der Waals surface area contributed by atoms with Gasteiger partial charge in [-0.2, -0.15) is 4.98 Å². The van der Waals surface area contributed by atoms with Crippen molar-refractivity contribution in [2.75, 3.05) is 12.8 Å². The van der Waals surface area contributed by atoms with E-state index in [1.807, 2.05) is 0 Å². The molecule has 2 heterocycles. The van der Waals surface area contributed by atoms with Gasteiger partial charge in [0, 0.05) is 18.0 Å². The van der Waals surface area contributed by atoms with Crippen molar-refractivity contribution in [3.63, 3.8) is 0 Å². The van der Waals surface area contributed by atoms with Crippen LogP contribution >= 0.6 is 0 Å². The SMILES string of the molecule is COc1ccc(-c2nc(-c3cnccn3)no2)cc1N. The van der Waals surface area contributed by atoms with E-state index in [1.54, 1.807) is 43.9 Å². The molecule has 20 heavy (non-hydrogen) atoms. The molecule has 100 valence electrons. The molecule has 0 bridgehead atoms. The van der Waals surface area contributed by atoms with Crippen LogP contribution in [0.25, 0.3) is 23.0 Å². The summed E-state index contributed by atoms with van der Waals surface area (Å²) < 4.78 is 10.3. The number of rotatable bonds is 3. The summed E-state index contributed by atoms with van der Waals surface area (Å²) in [5.41, 5.74) is 7.61. The molecule has 7 heteroatoms. The lowest BCUT2D eigenvalue weighted by Crippen LogP contribution is -1.92. The topological polar surface area (TPSA) is 100.0 Å². The zero-order valence-electron chi connectivity index (χ0n) is 10.6. The van der Waals surface area contributed by atoms with Crippen LogP contribution in [0.2, 0.25) is 0 Å². The predicted octanol–water partition coefficient (Wildman–Crippen LogP) is 1.78. The van der Waals surface area contributed by atoms with E-state index in [2.05, 4.69) is 20.1 Å². The summed E-state index contributed by atoms with van der Waals surface area (Å²) in [6.07, 6.45) is 4.71. The molecule has 0 unspecified atom stereocenters. The van der Waals surface area contributed by atoms with Crippen LogP contribution < -0.4 is 10.5 Å². The molecule has 0 atom stereocenters. The zero-order valence-corrected chi connectivity index (χ0v) is 10.6. The Morgan fingerprint density at radius 3 is 2.85 bits per heavy atom. The van der Waals surface area contributed by atoms with Gasteiger partial charge in [0.1, 0.15) is 11.4 Å². The Hall–Kier alpha value is -2.96. The van der Waals surface area contributed by atoms with Crippen LogP contribution in [0.3, 0.4) is 0 Å². The van der Waals surface area contributed by atoms with Crippen molar-refractivity contribution in [2.45, 2.75) is 0 Å². The summed E-state index contributed by atoms with van der Waals surface area (Å²) in [5.74, 6) is 1.34. The quantitative estimate of drug-likeness (QED) is 0.723. The molecule has 2 N–H and O–H groups in total. The summed E-state index contributed by atoms with van der Waals surface area (Å²) in [6, 6.07) is 5.26. The minimum absolute atomic E-state index is 0.361. The highest BCUT2D eigenvalue weighted by Gasteiger charge is 2.12. The van der Waals surface area contributed by atoms with Crippen molar-refractivity contribution in [3.8, 4) is 28.7 Å². The summed E-state index contributed by atoms with van der Waals surface area (Å²) in [6.45, 7) is 0. The van der Waals surface area contributed by atoms with E-state index >= 15 is 0 Å². The fourth-order valence-electron chi connectivity index (χ4n) is 1.73. The standard InChI is InChI=1S/C13H11N5O2/c1-19-11-3-2-8(6-9(11)14)13-17-12(18-20-13)10-7-15-4-5-16-10/h2-7H,14H2,1H3. The molecule has 0 saturated carbocycles. The highest BCUT2D eigenvalue weighted by molar-refractivity contribution is 5.66. The van der Waals surface area contributed by atoms with E-state index in [1.165, 1.54) is 0 Å². The molecular weight excluding hydrogens is 258 g/mol. The summed E-state index contributed by atoms with van der Waals surface area (Å²) in [4.78, 5) is 12.3. The predicted molar refractivity (Wildman–Crippen MR) is 71.7 cm³/mol. The van der Waals surface area contributed by atoms with Crippen molar-refractivity contribution in [1.82, 2.24) is 20.1 Å². The molecule has 0 saturated heterocycles. The molecule has 1 aromatic carbocycles. The third kappa shape index (κ3) is 2.16. The maximum absolute atomic E-state index is 5.85. The van der Waals surface area contributed by atoms with Crippen molar-refractivity contribution >= 4 is 5.69 Å². The Balaban J connectivity index is 1.96. The number of benzene rings is 1. The third-order valence-electron chi connectivity index (χ3n) is 2.69. The molecule has 2 aromatic heterocycles. The molecule has 0 aliphatic heterocycles. The number of anilines is 1. The lowest BCUT2D eigenvalue weighted by Gasteiger charge is -2.04. The largest absolute Gasteiger partial charge is 0.495 e. The fraction of sp³-hybridized carbons (Fsp3) is 0.0769. The molecule has 0 aliphatic carbocycles. The number of nitrogen functional groups attached to an aromatic ring is 1. The van der Waals surface area contributed by atoms with Crippen LogP contribution in [0.5, 0.6) is 5.75 Å². The first kappa shape index (κ1) is 12.1. The monoisotopic (exact) mass is 269 g/mol. The minimum Gasteiger partial charge on any atom is -0.495 e. The Kier molecular flexibility index (Phi) is 3.00. The second-order valence-electron chi connectivity index (χ2n) is 3.97. The highest BCUT2D eigenvalue weighted by atomic mass is 16.5. The first-order valence-corrected chi connectivity index (χ1v) is 5.82. The van der Waals surface area contributed by atoms with Crippen LogP contribution in [-0.4, -0.2) is 27.2 Å². The Morgan fingerprint density at radius 1 is 1.25 bits per heavy atom. The van der Waals surface area contributed by atoms with Gasteiger partial charge < -0.3 is 15.0 Å². The first-order chi connectivity index (χ1) is 9.78. The summed E-state index contributed by atoms with van der Waals surface area (Å²) in [7, 11) is 1.56.